The van der Waals surface area contributed by atoms with Crippen molar-refractivity contribution >= 4 is 17.8 Å². The van der Waals surface area contributed by atoms with Crippen molar-refractivity contribution in [3.63, 3.8) is 0 Å². The average Bonchev–Trinajstić information content (AvgIpc) is 2.34. The lowest BCUT2D eigenvalue weighted by atomic mass is 9.86. The summed E-state index contributed by atoms with van der Waals surface area (Å²) in [6, 6.07) is 7.68. The summed E-state index contributed by atoms with van der Waals surface area (Å²) in [5, 5.41) is 19.6. The molecule has 0 saturated carbocycles. The summed E-state index contributed by atoms with van der Waals surface area (Å²) >= 11 is 0. The van der Waals surface area contributed by atoms with Crippen LogP contribution in [-0.4, -0.2) is 11.8 Å². The van der Waals surface area contributed by atoms with Crippen LogP contribution < -0.4 is 5.11 Å². The molecule has 0 N–H and O–H groups in total. The van der Waals surface area contributed by atoms with Crippen molar-refractivity contribution in [3.8, 4) is 6.07 Å². The number of carbonyl (C=O) groups is 2. The van der Waals surface area contributed by atoms with Crippen molar-refractivity contribution in [1.29, 1.82) is 5.26 Å². The monoisotopic (exact) mass is 256 g/mol. The van der Waals surface area contributed by atoms with Crippen LogP contribution in [0.4, 0.5) is 0 Å². The second-order valence-electron chi connectivity index (χ2n) is 5.16. The van der Waals surface area contributed by atoms with E-state index >= 15 is 0 Å². The predicted molar refractivity (Wildman–Crippen MR) is 68.8 cm³/mol. The van der Waals surface area contributed by atoms with Gasteiger partial charge in [0.15, 0.2) is 5.78 Å². The lowest BCUT2D eigenvalue weighted by Gasteiger charge is -2.15. The summed E-state index contributed by atoms with van der Waals surface area (Å²) in [7, 11) is 0. The number of hydrogen-bond acceptors (Lipinski definition) is 4. The minimum absolute atomic E-state index is 0.0497. The molecule has 19 heavy (non-hydrogen) atoms. The maximum Gasteiger partial charge on any atom is 0.178 e. The Morgan fingerprint density at radius 1 is 1.21 bits per heavy atom. The molecule has 0 aliphatic carbocycles. The first-order valence-electron chi connectivity index (χ1n) is 5.73. The number of allylic oxidation sites excluding steroid dienone is 1. The van der Waals surface area contributed by atoms with E-state index in [0.717, 1.165) is 0 Å². The van der Waals surface area contributed by atoms with E-state index in [-0.39, 0.29) is 16.9 Å². The SMILES string of the molecule is CC(C)(C)C(=O)/C(C#N)=C/c1ccc(C(=O)[O-])cc1. The zero-order valence-corrected chi connectivity index (χ0v) is 11.1. The van der Waals surface area contributed by atoms with E-state index in [0.29, 0.717) is 5.56 Å². The van der Waals surface area contributed by atoms with E-state index in [4.69, 9.17) is 5.26 Å². The van der Waals surface area contributed by atoms with Gasteiger partial charge in [0.25, 0.3) is 0 Å². The first-order chi connectivity index (χ1) is 8.75. The smallest absolute Gasteiger partial charge is 0.178 e. The Bertz CT molecular complexity index is 569. The van der Waals surface area contributed by atoms with Gasteiger partial charge >= 0.3 is 0 Å². The molecule has 1 aromatic rings. The highest BCUT2D eigenvalue weighted by molar-refractivity contribution is 6.06. The van der Waals surface area contributed by atoms with Crippen LogP contribution in [0.5, 0.6) is 0 Å². The Labute approximate surface area is 112 Å². The Kier molecular flexibility index (Phi) is 4.23. The summed E-state index contributed by atoms with van der Waals surface area (Å²) < 4.78 is 0. The lowest BCUT2D eigenvalue weighted by Crippen LogP contribution is -2.22. The number of ketones is 1. The molecule has 0 radical (unpaired) electrons. The quantitative estimate of drug-likeness (QED) is 0.607. The van der Waals surface area contributed by atoms with E-state index in [1.165, 1.54) is 30.3 Å². The zero-order chi connectivity index (χ0) is 14.6. The number of hydrogen-bond donors (Lipinski definition) is 0. The number of Topliss-reactive ketones (excluding diaryl/α,β-unsaturated/α-hetero) is 1. The molecule has 1 aromatic carbocycles. The molecule has 4 nitrogen and oxygen atoms in total. The zero-order valence-electron chi connectivity index (χ0n) is 11.1. The molecule has 0 heterocycles. The predicted octanol–water partition coefficient (Wildman–Crippen LogP) is 1.57. The van der Waals surface area contributed by atoms with Crippen LogP contribution >= 0.6 is 0 Å². The second-order valence-corrected chi connectivity index (χ2v) is 5.16. The van der Waals surface area contributed by atoms with E-state index in [1.54, 1.807) is 20.8 Å². The van der Waals surface area contributed by atoms with E-state index in [9.17, 15) is 14.7 Å². The minimum Gasteiger partial charge on any atom is -0.545 e. The van der Waals surface area contributed by atoms with Crippen molar-refractivity contribution in [3.05, 3.63) is 41.0 Å². The second kappa shape index (κ2) is 5.49. The van der Waals surface area contributed by atoms with Crippen LogP contribution in [0.15, 0.2) is 29.8 Å². The molecule has 98 valence electrons. The van der Waals surface area contributed by atoms with Gasteiger partial charge in [0.1, 0.15) is 6.07 Å². The van der Waals surface area contributed by atoms with E-state index in [1.807, 2.05) is 6.07 Å². The van der Waals surface area contributed by atoms with Crippen LogP contribution in [0.2, 0.25) is 0 Å². The highest BCUT2D eigenvalue weighted by atomic mass is 16.4. The number of nitrogens with zero attached hydrogens (tertiary/aromatic N) is 1. The van der Waals surface area contributed by atoms with Gasteiger partial charge in [-0.15, -0.1) is 0 Å². The summed E-state index contributed by atoms with van der Waals surface area (Å²) in [5.74, 6) is -1.51. The highest BCUT2D eigenvalue weighted by Gasteiger charge is 2.24. The molecule has 0 fully saturated rings. The third-order valence-electron chi connectivity index (χ3n) is 2.50. The summed E-state index contributed by atoms with van der Waals surface area (Å²) in [6.45, 7) is 5.21. The number of benzene rings is 1. The molecule has 0 saturated heterocycles. The maximum absolute atomic E-state index is 12.0. The van der Waals surface area contributed by atoms with Crippen molar-refractivity contribution in [1.82, 2.24) is 0 Å². The molecule has 0 amide bonds. The maximum atomic E-state index is 12.0. The van der Waals surface area contributed by atoms with Crippen LogP contribution in [0.3, 0.4) is 0 Å². The summed E-state index contributed by atoms with van der Waals surface area (Å²) in [4.78, 5) is 22.6. The fraction of sp³-hybridized carbons (Fsp3) is 0.267. The molecule has 0 aliphatic rings. The highest BCUT2D eigenvalue weighted by Crippen LogP contribution is 2.21. The Morgan fingerprint density at radius 2 is 1.74 bits per heavy atom. The Hall–Kier alpha value is -2.41. The molecule has 0 atom stereocenters. The van der Waals surface area contributed by atoms with Gasteiger partial charge in [0, 0.05) is 5.41 Å². The third kappa shape index (κ3) is 3.78. The molecule has 0 aromatic heterocycles. The first kappa shape index (κ1) is 14.7. The largest absolute Gasteiger partial charge is 0.545 e. The number of nitriles is 1. The van der Waals surface area contributed by atoms with Crippen LogP contribution in [-0.2, 0) is 4.79 Å². The van der Waals surface area contributed by atoms with Gasteiger partial charge in [-0.25, -0.2) is 0 Å². The van der Waals surface area contributed by atoms with Gasteiger partial charge in [0.2, 0.25) is 0 Å². The van der Waals surface area contributed by atoms with Gasteiger partial charge in [-0.2, -0.15) is 5.26 Å². The third-order valence-corrected chi connectivity index (χ3v) is 2.50. The lowest BCUT2D eigenvalue weighted by molar-refractivity contribution is -0.255. The fourth-order valence-corrected chi connectivity index (χ4v) is 1.43. The van der Waals surface area contributed by atoms with Crippen molar-refractivity contribution in [2.24, 2.45) is 5.41 Å². The van der Waals surface area contributed by atoms with Crippen LogP contribution in [0.25, 0.3) is 6.08 Å². The standard InChI is InChI=1S/C15H15NO3/c1-15(2,3)13(17)12(9-16)8-10-4-6-11(7-5-10)14(18)19/h4-8H,1-3H3,(H,18,19)/p-1/b12-8+. The van der Waals surface area contributed by atoms with E-state index < -0.39 is 11.4 Å². The fourth-order valence-electron chi connectivity index (χ4n) is 1.43. The first-order valence-corrected chi connectivity index (χ1v) is 5.73. The summed E-state index contributed by atoms with van der Waals surface area (Å²) in [6.07, 6.45) is 1.45. The number of carboxylic acids is 1. The average molecular weight is 256 g/mol. The molecule has 4 heteroatoms. The van der Waals surface area contributed by atoms with Gasteiger partial charge in [0.05, 0.1) is 11.5 Å². The van der Waals surface area contributed by atoms with Crippen molar-refractivity contribution in [2.45, 2.75) is 20.8 Å². The number of carboxylic acid groups (broad SMARTS) is 1. The molecule has 0 bridgehead atoms. The number of aromatic carboxylic acids is 1. The molecule has 0 unspecified atom stereocenters. The van der Waals surface area contributed by atoms with Crippen molar-refractivity contribution in [2.75, 3.05) is 0 Å². The molecular formula is C15H14NO3-. The molecule has 0 aliphatic heterocycles. The van der Waals surface area contributed by atoms with E-state index in [2.05, 4.69) is 0 Å². The molecular weight excluding hydrogens is 242 g/mol. The normalized spacial score (nSPS) is 11.8. The van der Waals surface area contributed by atoms with Crippen LogP contribution in [0, 0.1) is 16.7 Å². The van der Waals surface area contributed by atoms with Crippen molar-refractivity contribution < 1.29 is 14.7 Å². The number of carbonyl (C=O) groups excluding carboxylic acids is 2. The van der Waals surface area contributed by atoms with Gasteiger partial charge in [-0.3, -0.25) is 4.79 Å². The summed E-state index contributed by atoms with van der Waals surface area (Å²) in [5.41, 5.74) is 0.0672. The minimum atomic E-state index is -1.26. The number of rotatable bonds is 3. The van der Waals surface area contributed by atoms with Gasteiger partial charge in [-0.05, 0) is 17.2 Å². The molecule has 0 spiro atoms. The van der Waals surface area contributed by atoms with Gasteiger partial charge in [-0.1, -0.05) is 45.0 Å². The molecule has 1 rings (SSSR count). The van der Waals surface area contributed by atoms with Crippen LogP contribution in [0.1, 0.15) is 36.7 Å². The van der Waals surface area contributed by atoms with Gasteiger partial charge < -0.3 is 9.90 Å². The Balaban J connectivity index is 3.10. The topological polar surface area (TPSA) is 81.0 Å². The Morgan fingerprint density at radius 3 is 2.11 bits per heavy atom.